The normalized spacial score (nSPS) is 12.3. The van der Waals surface area contributed by atoms with Crippen molar-refractivity contribution in [1.82, 2.24) is 117 Å². The van der Waals surface area contributed by atoms with Gasteiger partial charge in [0.25, 0.3) is 27.8 Å². The lowest BCUT2D eigenvalue weighted by Gasteiger charge is -2.22. The molecular formula is C87H104N26O29S5. The average Bonchev–Trinajstić information content (AvgIpc) is 0.745. The lowest BCUT2D eigenvalue weighted by molar-refractivity contribution is -0.129. The molecule has 5 aromatic heterocycles. The van der Waals surface area contributed by atoms with Crippen LogP contribution >= 0.6 is 58.8 Å². The average molecular weight is 2140 g/mol. The van der Waals surface area contributed by atoms with E-state index in [9.17, 15) is 135 Å². The summed E-state index contributed by atoms with van der Waals surface area (Å²) in [5.41, 5.74) is 4.49. The Kier molecular flexibility index (Phi) is 45.3. The third kappa shape index (κ3) is 38.3. The van der Waals surface area contributed by atoms with Crippen molar-refractivity contribution in [2.24, 2.45) is 11.5 Å². The zero-order valence-electron chi connectivity index (χ0n) is 77.9. The number of carboxylic acid groups (broad SMARTS) is 1. The number of aromatic hydroxyl groups is 1. The third-order valence-corrected chi connectivity index (χ3v) is 25.9. The number of unbranched alkanes of at least 4 members (excludes halogenated alkanes) is 1. The van der Waals surface area contributed by atoms with Gasteiger partial charge < -0.3 is 101 Å². The van der Waals surface area contributed by atoms with Crippen molar-refractivity contribution in [2.45, 2.75) is 88.2 Å². The van der Waals surface area contributed by atoms with Crippen LogP contribution in [0.5, 0.6) is 5.75 Å². The van der Waals surface area contributed by atoms with Crippen molar-refractivity contribution in [1.29, 1.82) is 0 Å². The number of aromatic carboxylic acids is 1. The Morgan fingerprint density at radius 1 is 0.361 bits per heavy atom. The largest absolute Gasteiger partial charge is 0.508 e. The first-order valence-electron chi connectivity index (χ1n) is 44.6. The number of aromatic nitrogens is 10. The molecule has 0 spiro atoms. The van der Waals surface area contributed by atoms with Gasteiger partial charge in [-0.3, -0.25) is 144 Å². The van der Waals surface area contributed by atoms with Crippen LogP contribution in [-0.2, 0) is 99.8 Å². The van der Waals surface area contributed by atoms with Gasteiger partial charge >= 0.3 is 34.4 Å². The maximum Gasteiger partial charge on any atom is 0.336 e. The first-order chi connectivity index (χ1) is 70.3. The number of aromatic amines is 5. The van der Waals surface area contributed by atoms with Crippen LogP contribution in [0.1, 0.15) is 29.6 Å². The number of amides is 14. The summed E-state index contributed by atoms with van der Waals surface area (Å²) in [6, 6.07) is 8.94. The predicted octanol–water partition coefficient (Wildman–Crippen LogP) is -9.87. The second-order valence-electron chi connectivity index (χ2n) is 31.7. The van der Waals surface area contributed by atoms with Crippen molar-refractivity contribution >= 4 is 164 Å². The van der Waals surface area contributed by atoms with Crippen molar-refractivity contribution in [3.63, 3.8) is 0 Å². The first-order valence-corrected chi connectivity index (χ1v) is 50.4. The van der Waals surface area contributed by atoms with Crippen LogP contribution < -0.4 is 148 Å². The minimum absolute atomic E-state index is 0.00256. The predicted molar refractivity (Wildman–Crippen MR) is 540 cm³/mol. The van der Waals surface area contributed by atoms with Gasteiger partial charge in [0.05, 0.1) is 60.0 Å². The molecule has 786 valence electrons. The van der Waals surface area contributed by atoms with Gasteiger partial charge in [-0.2, -0.15) is 0 Å². The highest BCUT2D eigenvalue weighted by molar-refractivity contribution is 8.01. The molecule has 6 atom stereocenters. The molecule has 6 heterocycles. The van der Waals surface area contributed by atoms with Crippen LogP contribution in [0.4, 0.5) is 5.69 Å². The SMILES string of the molecule is NCCCCC(N)C(=O)NC(CSCC(=O)NC(CSCC(=O)NC(CSCC(=O)NC(CSCC(=O)NC(CSCC(=O)NCC(=O)NCC(=O)NCC(=O)Nc1ccc(-c2c3ccc(=O)cc-3oc3cc(O)ccc23)c(C(=O)O)c1)C(=O)NCCn1ccc(=O)[nH]c1=O)C(=O)NCCn1ccc(=O)[nH]c1=O)C(=O)NCCn1ccc(=O)[nH]c1=O)C(=O)NCCn1ccc(=O)[nH]c1=O)C(=O)NCCn1ccc(=O)[nH]c1=O. The fraction of sp³-hybridized carbons (Fsp3) is 0.379. The molecule has 14 amide bonds. The van der Waals surface area contributed by atoms with E-state index in [1.165, 1.54) is 67.0 Å². The second kappa shape index (κ2) is 58.1. The fourth-order valence-electron chi connectivity index (χ4n) is 13.4. The summed E-state index contributed by atoms with van der Waals surface area (Å²) >= 11 is 3.89. The van der Waals surface area contributed by atoms with Crippen LogP contribution in [0.3, 0.4) is 0 Å². The minimum atomic E-state index is -1.53. The molecule has 0 radical (unpaired) electrons. The van der Waals surface area contributed by atoms with E-state index in [1.807, 2.05) is 0 Å². The van der Waals surface area contributed by atoms with E-state index in [4.69, 9.17) is 15.9 Å². The molecular weight excluding hydrogens is 2030 g/mol. The number of carbonyl (C=O) groups is 15. The molecule has 2 aliphatic rings. The van der Waals surface area contributed by atoms with E-state index >= 15 is 0 Å². The topological polar surface area (TPSA) is 821 Å². The Morgan fingerprint density at radius 3 is 1.04 bits per heavy atom. The van der Waals surface area contributed by atoms with E-state index < -0.39 is 246 Å². The number of nitrogens with two attached hydrogens (primary N) is 2. The molecule has 0 bridgehead atoms. The summed E-state index contributed by atoms with van der Waals surface area (Å²) < 4.78 is 11.2. The van der Waals surface area contributed by atoms with E-state index in [0.717, 1.165) is 131 Å². The summed E-state index contributed by atoms with van der Waals surface area (Å²) in [5, 5.41) is 55.9. The number of anilines is 1. The molecule has 147 heavy (non-hydrogen) atoms. The maximum atomic E-state index is 14.1. The molecule has 1 aliphatic carbocycles. The van der Waals surface area contributed by atoms with Gasteiger partial charge in [-0.15, -0.1) is 58.8 Å². The highest BCUT2D eigenvalue weighted by Gasteiger charge is 2.31. The number of hydrogen-bond acceptors (Lipinski definition) is 35. The Labute approximate surface area is 848 Å². The number of nitrogens with one attached hydrogen (secondary N) is 19. The minimum Gasteiger partial charge on any atom is -0.508 e. The Balaban J connectivity index is 0.802. The standard InChI is InChI=1S/C87H104N26O29S5/c88-15-2-1-3-54(89)76(129)103-59(81(134)94-20-30-113-25-14-66(120)108-87(113)141)41-147-46-74(128)102-58(80(133)93-19-29-112-24-13-65(119)107-86(112)140)40-146-45-73(127)101-57(79(132)92-18-28-111-23-12-64(118)106-85(111)139)39-145-44-72(126)100-56(78(131)91-17-27-110-22-11-63(117)105-84(110)138)38-144-43-71(125)99-55(77(130)90-16-26-109-21-10-62(116)104-83(109)137)37-143-42-70(124)97-35-68(122)95-34-67(121)96-36-69(123)98-47-4-7-50(53(31-47)82(135)136)75-51-8-5-48(114)32-60(51)142-61-33-49(115)6-9-52(61)75/h4-14,21-25,31-33,54-59,114H,1-3,15-20,26-30,34-46,88-89H2,(H,90,130)(H,91,131)(H,92,132)(H,93,133)(H,94,134)(H,95,122)(H,96,121)(H,97,124)(H,98,123)(H,99,125)(H,100,126)(H,101,127)(H,102,128)(H,103,129)(H,135,136)(H,104,116,137)(H,105,117,138)(H,106,118,139)(H,107,119,140)(H,108,120,141). The molecule has 0 saturated carbocycles. The highest BCUT2D eigenvalue weighted by atomic mass is 32.2. The lowest BCUT2D eigenvalue weighted by Crippen LogP contribution is -2.53. The van der Waals surface area contributed by atoms with Crippen molar-refractivity contribution in [3.8, 4) is 28.2 Å². The van der Waals surface area contributed by atoms with E-state index in [1.54, 1.807) is 0 Å². The van der Waals surface area contributed by atoms with E-state index in [2.05, 4.69) is 99.4 Å². The molecule has 60 heteroatoms. The zero-order valence-corrected chi connectivity index (χ0v) is 82.0. The summed E-state index contributed by atoms with van der Waals surface area (Å²) in [6.45, 7) is -3.91. The summed E-state index contributed by atoms with van der Waals surface area (Å²) in [7, 11) is 0. The molecule has 1 aliphatic heterocycles. The van der Waals surface area contributed by atoms with Crippen molar-refractivity contribution in [2.75, 3.05) is 122 Å². The first kappa shape index (κ1) is 115. The van der Waals surface area contributed by atoms with Crippen LogP contribution in [0.25, 0.3) is 33.4 Å². The van der Waals surface area contributed by atoms with Gasteiger partial charge in [-0.05, 0) is 61.3 Å². The van der Waals surface area contributed by atoms with Crippen LogP contribution in [-0.4, -0.2) is 299 Å². The van der Waals surface area contributed by atoms with E-state index in [0.29, 0.717) is 35.9 Å². The number of phenols is 1. The Hall–Kier alpha value is -15.9. The zero-order chi connectivity index (χ0) is 107. The van der Waals surface area contributed by atoms with Gasteiger partial charge in [0.1, 0.15) is 47.3 Å². The molecule has 25 N–H and O–H groups in total. The number of fused-ring (bicyclic) bond motifs is 2. The van der Waals surface area contributed by atoms with Gasteiger partial charge in [-0.1, -0.05) is 12.5 Å². The maximum absolute atomic E-state index is 14.1. The summed E-state index contributed by atoms with van der Waals surface area (Å²) in [6.07, 6.45) is 7.06. The Bertz CT molecular complexity index is 6990. The molecule has 9 rings (SSSR count). The fourth-order valence-corrected chi connectivity index (χ4v) is 17.7. The van der Waals surface area contributed by atoms with Gasteiger partial charge in [0.2, 0.25) is 82.7 Å². The number of thioether (sulfide) groups is 5. The van der Waals surface area contributed by atoms with Crippen LogP contribution in [0.15, 0.2) is 173 Å². The molecule has 0 fully saturated rings. The molecule has 55 nitrogen and oxygen atoms in total. The van der Waals surface area contributed by atoms with Crippen molar-refractivity contribution in [3.05, 3.63) is 236 Å². The van der Waals surface area contributed by atoms with Crippen LogP contribution in [0.2, 0.25) is 0 Å². The number of hydrogen-bond donors (Lipinski definition) is 23. The number of H-pyrrole nitrogens is 5. The Morgan fingerprint density at radius 2 is 0.694 bits per heavy atom. The number of carboxylic acids is 1. The lowest BCUT2D eigenvalue weighted by atomic mass is 9.90. The highest BCUT2D eigenvalue weighted by Crippen LogP contribution is 2.42. The quantitative estimate of drug-likeness (QED) is 0.0124. The van der Waals surface area contributed by atoms with Crippen molar-refractivity contribution < 1.29 is 86.5 Å². The molecule has 7 aromatic rings. The monoisotopic (exact) mass is 2140 g/mol. The van der Waals surface area contributed by atoms with Gasteiger partial charge in [0, 0.05) is 190 Å². The molecule has 2 aromatic carbocycles. The third-order valence-electron chi connectivity index (χ3n) is 20.7. The second-order valence-corrected chi connectivity index (χ2v) is 36.9. The molecule has 0 saturated heterocycles. The molecule has 6 unspecified atom stereocenters. The number of nitrogens with zero attached hydrogens (tertiary/aromatic N) is 5. The summed E-state index contributed by atoms with van der Waals surface area (Å²) in [4.78, 5) is 347. The number of rotatable bonds is 59. The number of phenolic OH excluding ortho intramolecular Hbond substituents is 1. The van der Waals surface area contributed by atoms with Gasteiger partial charge in [-0.25, -0.2) is 28.8 Å². The number of benzene rings is 3. The van der Waals surface area contributed by atoms with Gasteiger partial charge in [0.15, 0.2) is 5.43 Å². The number of carbonyl (C=O) groups excluding carboxylic acids is 14. The summed E-state index contributed by atoms with van der Waals surface area (Å²) in [5.74, 6) is -17.6. The van der Waals surface area contributed by atoms with Crippen LogP contribution in [0, 0.1) is 0 Å². The smallest absolute Gasteiger partial charge is 0.336 e. The van der Waals surface area contributed by atoms with E-state index in [-0.39, 0.29) is 123 Å².